The molecule has 6 rings (SSSR count). The van der Waals surface area contributed by atoms with E-state index in [0.29, 0.717) is 35.4 Å². The van der Waals surface area contributed by atoms with E-state index in [1.165, 1.54) is 41.0 Å². The lowest BCUT2D eigenvalue weighted by Crippen LogP contribution is -2.29. The SMILES string of the molecule is COc1ccc(C2=NN(C(=O)CSc3nnc(CNC(=O)c4cccc(F)c4)n3Cc3ccccc3)C(c3cccc(OC)c3OC)C2)cc1. The van der Waals surface area contributed by atoms with Crippen LogP contribution < -0.4 is 19.5 Å². The lowest BCUT2D eigenvalue weighted by Gasteiger charge is -2.24. The Labute approximate surface area is 293 Å². The fourth-order valence-corrected chi connectivity index (χ4v) is 6.49. The summed E-state index contributed by atoms with van der Waals surface area (Å²) in [6.07, 6.45) is 0.450. The van der Waals surface area contributed by atoms with E-state index in [2.05, 4.69) is 15.5 Å². The first-order valence-electron chi connectivity index (χ1n) is 15.8. The summed E-state index contributed by atoms with van der Waals surface area (Å²) >= 11 is 1.23. The number of nitrogens with zero attached hydrogens (tertiary/aromatic N) is 5. The van der Waals surface area contributed by atoms with Gasteiger partial charge >= 0.3 is 0 Å². The van der Waals surface area contributed by atoms with Crippen LogP contribution >= 0.6 is 11.8 Å². The first-order chi connectivity index (χ1) is 24.4. The van der Waals surface area contributed by atoms with E-state index in [9.17, 15) is 14.0 Å². The predicted octanol–water partition coefficient (Wildman–Crippen LogP) is 5.89. The van der Waals surface area contributed by atoms with Gasteiger partial charge in [0.2, 0.25) is 0 Å². The normalized spacial score (nSPS) is 13.9. The third-order valence-electron chi connectivity index (χ3n) is 8.18. The molecule has 0 saturated heterocycles. The number of amides is 2. The summed E-state index contributed by atoms with van der Waals surface area (Å²) < 4.78 is 32.2. The summed E-state index contributed by atoms with van der Waals surface area (Å²) in [7, 11) is 4.75. The number of rotatable bonds is 13. The fourth-order valence-electron chi connectivity index (χ4n) is 5.68. The molecule has 256 valence electrons. The smallest absolute Gasteiger partial charge is 0.253 e. The summed E-state index contributed by atoms with van der Waals surface area (Å²) in [6, 6.07) is 27.9. The molecular weight excluding hydrogens is 660 g/mol. The van der Waals surface area contributed by atoms with E-state index < -0.39 is 17.8 Å². The number of methoxy groups -OCH3 is 3. The highest BCUT2D eigenvalue weighted by molar-refractivity contribution is 7.99. The number of aromatic nitrogens is 3. The minimum absolute atomic E-state index is 0.00471. The van der Waals surface area contributed by atoms with Crippen LogP contribution in [0.3, 0.4) is 0 Å². The van der Waals surface area contributed by atoms with Crippen molar-refractivity contribution in [2.45, 2.75) is 30.7 Å². The molecule has 1 atom stereocenters. The molecule has 13 heteroatoms. The molecule has 0 aliphatic carbocycles. The largest absolute Gasteiger partial charge is 0.497 e. The van der Waals surface area contributed by atoms with Crippen molar-refractivity contribution in [3.05, 3.63) is 131 Å². The van der Waals surface area contributed by atoms with Gasteiger partial charge in [0.25, 0.3) is 11.8 Å². The van der Waals surface area contributed by atoms with Crippen molar-refractivity contribution in [1.29, 1.82) is 0 Å². The van der Waals surface area contributed by atoms with Gasteiger partial charge in [-0.15, -0.1) is 10.2 Å². The predicted molar refractivity (Wildman–Crippen MR) is 187 cm³/mol. The lowest BCUT2D eigenvalue weighted by atomic mass is 9.97. The van der Waals surface area contributed by atoms with Crippen LogP contribution in [0.25, 0.3) is 0 Å². The van der Waals surface area contributed by atoms with Crippen molar-refractivity contribution in [3.63, 3.8) is 0 Å². The van der Waals surface area contributed by atoms with E-state index in [-0.39, 0.29) is 23.8 Å². The van der Waals surface area contributed by atoms with E-state index in [4.69, 9.17) is 19.3 Å². The zero-order valence-electron chi connectivity index (χ0n) is 27.7. The molecule has 11 nitrogen and oxygen atoms in total. The number of halogens is 1. The molecule has 5 aromatic rings. The zero-order chi connectivity index (χ0) is 35.0. The van der Waals surface area contributed by atoms with Crippen LogP contribution in [-0.2, 0) is 17.9 Å². The van der Waals surface area contributed by atoms with E-state index in [1.807, 2.05) is 77.4 Å². The van der Waals surface area contributed by atoms with Gasteiger partial charge in [0.05, 0.1) is 51.9 Å². The Morgan fingerprint density at radius 2 is 1.68 bits per heavy atom. The Morgan fingerprint density at radius 1 is 0.900 bits per heavy atom. The van der Waals surface area contributed by atoms with Gasteiger partial charge in [-0.25, -0.2) is 9.40 Å². The molecule has 50 heavy (non-hydrogen) atoms. The first kappa shape index (κ1) is 34.2. The van der Waals surface area contributed by atoms with Crippen LogP contribution in [-0.4, -0.2) is 64.4 Å². The van der Waals surface area contributed by atoms with E-state index in [0.717, 1.165) is 28.2 Å². The summed E-state index contributed by atoms with van der Waals surface area (Å²) in [6.45, 7) is 0.450. The van der Waals surface area contributed by atoms with Crippen molar-refractivity contribution >= 4 is 29.3 Å². The zero-order valence-corrected chi connectivity index (χ0v) is 28.5. The van der Waals surface area contributed by atoms with Crippen molar-refractivity contribution in [3.8, 4) is 17.2 Å². The standard InChI is InChI=1S/C37H35FN6O5S/c1-47-28-17-15-25(16-18-28)30-20-31(29-13-8-14-32(48-2)35(29)49-3)44(42-30)34(45)23-50-37-41-40-33(43(37)22-24-9-5-4-6-10-24)21-39-36(46)26-11-7-12-27(38)19-26/h4-19,31H,20-23H2,1-3H3,(H,39,46). The lowest BCUT2D eigenvalue weighted by molar-refractivity contribution is -0.130. The maximum absolute atomic E-state index is 14.1. The van der Waals surface area contributed by atoms with Crippen LogP contribution in [0.15, 0.2) is 107 Å². The van der Waals surface area contributed by atoms with Gasteiger partial charge < -0.3 is 24.1 Å². The molecule has 0 bridgehead atoms. The number of hydrogen-bond acceptors (Lipinski definition) is 9. The molecule has 1 aromatic heterocycles. The second-order valence-electron chi connectivity index (χ2n) is 11.3. The molecule has 1 aliphatic rings. The second kappa shape index (κ2) is 15.7. The van der Waals surface area contributed by atoms with Gasteiger partial charge in [-0.05, 0) is 59.7 Å². The van der Waals surface area contributed by atoms with E-state index in [1.54, 1.807) is 21.3 Å². The number of nitrogens with one attached hydrogen (secondary N) is 1. The van der Waals surface area contributed by atoms with Crippen LogP contribution in [0.2, 0.25) is 0 Å². The summed E-state index contributed by atoms with van der Waals surface area (Å²) in [4.78, 5) is 26.8. The second-order valence-corrected chi connectivity index (χ2v) is 12.2. The van der Waals surface area contributed by atoms with Gasteiger partial charge in [-0.3, -0.25) is 9.59 Å². The average Bonchev–Trinajstić information content (AvgIpc) is 3.77. The monoisotopic (exact) mass is 694 g/mol. The molecule has 4 aromatic carbocycles. The minimum Gasteiger partial charge on any atom is -0.497 e. The fraction of sp³-hybridized carbons (Fsp3) is 0.216. The van der Waals surface area contributed by atoms with Crippen molar-refractivity contribution in [2.75, 3.05) is 27.1 Å². The number of para-hydroxylation sites is 1. The number of thioether (sulfide) groups is 1. The highest BCUT2D eigenvalue weighted by Gasteiger charge is 2.36. The molecule has 1 aliphatic heterocycles. The molecule has 2 heterocycles. The van der Waals surface area contributed by atoms with Gasteiger partial charge in [0, 0.05) is 17.5 Å². The highest BCUT2D eigenvalue weighted by Crippen LogP contribution is 2.42. The number of carbonyl (C=O) groups excluding carboxylic acids is 2. The van der Waals surface area contributed by atoms with Crippen LogP contribution in [0, 0.1) is 5.82 Å². The number of hydrogen-bond donors (Lipinski definition) is 1. The summed E-state index contributed by atoms with van der Waals surface area (Å²) in [5, 5.41) is 18.4. The van der Waals surface area contributed by atoms with Crippen LogP contribution in [0.1, 0.15) is 45.3 Å². The Kier molecular flexibility index (Phi) is 10.7. The Bertz CT molecular complexity index is 2000. The Balaban J connectivity index is 1.26. The van der Waals surface area contributed by atoms with Crippen LogP contribution in [0.4, 0.5) is 4.39 Å². The third-order valence-corrected chi connectivity index (χ3v) is 9.13. The Morgan fingerprint density at radius 3 is 2.40 bits per heavy atom. The number of carbonyl (C=O) groups is 2. The molecule has 0 saturated carbocycles. The molecule has 0 fully saturated rings. The molecule has 1 N–H and O–H groups in total. The molecular formula is C37H35FN6O5S. The maximum atomic E-state index is 14.1. The third kappa shape index (κ3) is 7.62. The van der Waals surface area contributed by atoms with E-state index >= 15 is 0 Å². The summed E-state index contributed by atoms with van der Waals surface area (Å²) in [5.41, 5.74) is 3.55. The Hall–Kier alpha value is -5.69. The molecule has 1 unspecified atom stereocenters. The molecule has 0 spiro atoms. The number of ether oxygens (including phenoxy) is 3. The molecule has 0 radical (unpaired) electrons. The summed E-state index contributed by atoms with van der Waals surface area (Å²) in [5.74, 6) is 1.10. The minimum atomic E-state index is -0.501. The van der Waals surface area contributed by atoms with Gasteiger partial charge in [0.15, 0.2) is 22.5 Å². The quantitative estimate of drug-likeness (QED) is 0.152. The van der Waals surface area contributed by atoms with Crippen LogP contribution in [0.5, 0.6) is 17.2 Å². The van der Waals surface area contributed by atoms with Gasteiger partial charge in [-0.1, -0.05) is 60.3 Å². The first-order valence-corrected chi connectivity index (χ1v) is 16.7. The average molecular weight is 695 g/mol. The van der Waals surface area contributed by atoms with Crippen molar-refractivity contribution < 1.29 is 28.2 Å². The maximum Gasteiger partial charge on any atom is 0.253 e. The molecule has 2 amide bonds. The topological polar surface area (TPSA) is 120 Å². The number of hydrazone groups is 1. The van der Waals surface area contributed by atoms with Gasteiger partial charge in [-0.2, -0.15) is 5.10 Å². The van der Waals surface area contributed by atoms with Crippen molar-refractivity contribution in [2.24, 2.45) is 5.10 Å². The van der Waals surface area contributed by atoms with Crippen molar-refractivity contribution in [1.82, 2.24) is 25.1 Å². The van der Waals surface area contributed by atoms with Gasteiger partial charge in [0.1, 0.15) is 11.6 Å². The highest BCUT2D eigenvalue weighted by atomic mass is 32.2. The number of benzene rings is 4.